The van der Waals surface area contributed by atoms with Gasteiger partial charge in [-0.05, 0) is 29.7 Å². The Morgan fingerprint density at radius 2 is 1.84 bits per heavy atom. The van der Waals surface area contributed by atoms with E-state index in [-0.39, 0.29) is 51.1 Å². The molecule has 0 aliphatic carbocycles. The van der Waals surface area contributed by atoms with Crippen LogP contribution in [0.1, 0.15) is 46.8 Å². The predicted octanol–water partition coefficient (Wildman–Crippen LogP) is 3.27. The van der Waals surface area contributed by atoms with Gasteiger partial charge in [-0.1, -0.05) is 36.4 Å². The molecule has 3 rings (SSSR count). The van der Waals surface area contributed by atoms with E-state index in [1.807, 2.05) is 30.3 Å². The summed E-state index contributed by atoms with van der Waals surface area (Å²) in [5.74, 6) is -0.621. The van der Waals surface area contributed by atoms with Gasteiger partial charge < -0.3 is 19.1 Å². The Labute approximate surface area is 181 Å². The number of benzene rings is 2. The molecule has 2 aromatic carbocycles. The molecule has 1 saturated heterocycles. The van der Waals surface area contributed by atoms with Gasteiger partial charge in [0.2, 0.25) is 5.91 Å². The fourth-order valence-electron chi connectivity index (χ4n) is 3.67. The Morgan fingerprint density at radius 1 is 1.06 bits per heavy atom. The number of ether oxygens (including phenoxy) is 3. The van der Waals surface area contributed by atoms with Gasteiger partial charge in [-0.15, -0.1) is 0 Å². The first kappa shape index (κ1) is 22.7. The molecule has 2 aromatic rings. The maximum absolute atomic E-state index is 13.0. The zero-order chi connectivity index (χ0) is 22.2. The topological polar surface area (TPSA) is 82.1 Å². The van der Waals surface area contributed by atoms with Gasteiger partial charge in [0, 0.05) is 32.1 Å². The van der Waals surface area contributed by atoms with Crippen LogP contribution in [0.25, 0.3) is 0 Å². The molecule has 0 radical (unpaired) electrons. The summed E-state index contributed by atoms with van der Waals surface area (Å²) in [5.41, 5.74) is 3.18. The van der Waals surface area contributed by atoms with Crippen molar-refractivity contribution in [1.29, 1.82) is 0 Å². The van der Waals surface area contributed by atoms with Crippen molar-refractivity contribution in [2.24, 2.45) is 0 Å². The number of hydrogen-bond acceptors (Lipinski definition) is 6. The molecule has 0 bridgehead atoms. The minimum Gasteiger partial charge on any atom is -0.462 e. The highest BCUT2D eigenvalue weighted by atomic mass is 16.7. The highest BCUT2D eigenvalue weighted by Gasteiger charge is 2.30. The monoisotopic (exact) mass is 425 g/mol. The molecule has 1 heterocycles. The minimum atomic E-state index is -0.484. The van der Waals surface area contributed by atoms with Gasteiger partial charge in [0.25, 0.3) is 0 Å². The van der Waals surface area contributed by atoms with Crippen LogP contribution in [0, 0.1) is 0 Å². The first-order valence-corrected chi connectivity index (χ1v) is 10.3. The number of carbonyl (C=O) groups excluding carboxylic acids is 3. The van der Waals surface area contributed by atoms with Crippen LogP contribution in [-0.2, 0) is 36.8 Å². The van der Waals surface area contributed by atoms with Gasteiger partial charge in [0.05, 0.1) is 25.3 Å². The van der Waals surface area contributed by atoms with Crippen LogP contribution in [0.4, 0.5) is 5.69 Å². The van der Waals surface area contributed by atoms with Gasteiger partial charge in [-0.2, -0.15) is 0 Å². The summed E-state index contributed by atoms with van der Waals surface area (Å²) < 4.78 is 15.8. The maximum Gasteiger partial charge on any atom is 0.338 e. The van der Waals surface area contributed by atoms with Gasteiger partial charge in [0.15, 0.2) is 5.78 Å². The molecule has 1 amide bonds. The number of hydrogen-bond donors (Lipinski definition) is 0. The van der Waals surface area contributed by atoms with E-state index in [0.29, 0.717) is 28.8 Å². The Bertz CT molecular complexity index is 941. The normalized spacial score (nSPS) is 14.1. The molecule has 0 atom stereocenters. The third-order valence-corrected chi connectivity index (χ3v) is 5.08. The molecule has 0 saturated carbocycles. The standard InChI is InChI=1S/C24H27NO6/c1-3-31-24(28)23-18(15-30-16-29-2)9-11-21(25-14-19(26)10-12-22(25)27)20(23)13-17-7-5-4-6-8-17/h4-9,11H,3,10,12-16H2,1-2H3. The average molecular weight is 425 g/mol. The van der Waals surface area contributed by atoms with Crippen molar-refractivity contribution in [3.05, 3.63) is 64.7 Å². The van der Waals surface area contributed by atoms with E-state index in [1.165, 1.54) is 12.0 Å². The zero-order valence-electron chi connectivity index (χ0n) is 17.9. The zero-order valence-corrected chi connectivity index (χ0v) is 17.9. The van der Waals surface area contributed by atoms with Gasteiger partial charge >= 0.3 is 5.97 Å². The number of methoxy groups -OCH3 is 1. The molecule has 0 unspecified atom stereocenters. The smallest absolute Gasteiger partial charge is 0.338 e. The number of nitrogens with zero attached hydrogens (tertiary/aromatic N) is 1. The fraction of sp³-hybridized carbons (Fsp3) is 0.375. The minimum absolute atomic E-state index is 0.00239. The molecule has 7 nitrogen and oxygen atoms in total. The average Bonchev–Trinajstić information content (AvgIpc) is 2.77. The summed E-state index contributed by atoms with van der Waals surface area (Å²) in [6.45, 7) is 2.19. The Kier molecular flexibility index (Phi) is 7.92. The molecule has 0 aromatic heterocycles. The number of esters is 1. The van der Waals surface area contributed by atoms with Gasteiger partial charge in [-0.3, -0.25) is 9.59 Å². The third-order valence-electron chi connectivity index (χ3n) is 5.08. The van der Waals surface area contributed by atoms with Crippen molar-refractivity contribution in [3.63, 3.8) is 0 Å². The Balaban J connectivity index is 2.14. The lowest BCUT2D eigenvalue weighted by molar-refractivity contribution is -0.127. The van der Waals surface area contributed by atoms with Gasteiger partial charge in [0.1, 0.15) is 6.79 Å². The van der Waals surface area contributed by atoms with Crippen LogP contribution in [0.2, 0.25) is 0 Å². The van der Waals surface area contributed by atoms with Crippen molar-refractivity contribution in [2.45, 2.75) is 32.8 Å². The van der Waals surface area contributed by atoms with Crippen LogP contribution in [0.15, 0.2) is 42.5 Å². The third kappa shape index (κ3) is 5.57. The number of ketones is 1. The number of Topliss-reactive ketones (excluding diaryl/α,β-unsaturated/α-hetero) is 1. The Hall–Kier alpha value is -3.03. The molecule has 1 fully saturated rings. The van der Waals surface area contributed by atoms with Crippen molar-refractivity contribution in [1.82, 2.24) is 0 Å². The lowest BCUT2D eigenvalue weighted by atomic mass is 9.92. The van der Waals surface area contributed by atoms with Crippen LogP contribution < -0.4 is 4.90 Å². The molecular formula is C24H27NO6. The first-order chi connectivity index (χ1) is 15.0. The summed E-state index contributed by atoms with van der Waals surface area (Å²) in [6, 6.07) is 13.2. The molecule has 1 aliphatic rings. The van der Waals surface area contributed by atoms with E-state index in [2.05, 4.69) is 0 Å². The summed E-state index contributed by atoms with van der Waals surface area (Å²) in [7, 11) is 1.52. The van der Waals surface area contributed by atoms with Crippen molar-refractivity contribution in [3.8, 4) is 0 Å². The second kappa shape index (κ2) is 10.8. The first-order valence-electron chi connectivity index (χ1n) is 10.3. The van der Waals surface area contributed by atoms with E-state index in [4.69, 9.17) is 14.2 Å². The quantitative estimate of drug-likeness (QED) is 0.348. The number of amides is 1. The maximum atomic E-state index is 13.0. The molecule has 0 N–H and O–H groups in total. The highest BCUT2D eigenvalue weighted by molar-refractivity contribution is 6.06. The number of carbonyl (C=O) groups is 3. The molecule has 164 valence electrons. The van der Waals surface area contributed by atoms with E-state index < -0.39 is 5.97 Å². The van der Waals surface area contributed by atoms with E-state index in [1.54, 1.807) is 19.1 Å². The number of piperidine rings is 1. The number of rotatable bonds is 9. The van der Waals surface area contributed by atoms with E-state index in [9.17, 15) is 14.4 Å². The molecule has 0 spiro atoms. The lowest BCUT2D eigenvalue weighted by Gasteiger charge is -2.29. The summed E-state index contributed by atoms with van der Waals surface area (Å²) >= 11 is 0. The van der Waals surface area contributed by atoms with E-state index >= 15 is 0 Å². The second-order valence-electron chi connectivity index (χ2n) is 7.25. The van der Waals surface area contributed by atoms with Gasteiger partial charge in [-0.25, -0.2) is 4.79 Å². The van der Waals surface area contributed by atoms with Crippen molar-refractivity contribution in [2.75, 3.05) is 32.0 Å². The molecule has 31 heavy (non-hydrogen) atoms. The SMILES string of the molecule is CCOC(=O)c1c(COCOC)ccc(N2CC(=O)CCC2=O)c1Cc1ccccc1. The Morgan fingerprint density at radius 3 is 2.55 bits per heavy atom. The molecular weight excluding hydrogens is 398 g/mol. The second-order valence-corrected chi connectivity index (χ2v) is 7.25. The largest absolute Gasteiger partial charge is 0.462 e. The number of anilines is 1. The van der Waals surface area contributed by atoms with Crippen LogP contribution in [0.5, 0.6) is 0 Å². The lowest BCUT2D eigenvalue weighted by Crippen LogP contribution is -2.41. The summed E-state index contributed by atoms with van der Waals surface area (Å²) in [4.78, 5) is 39.3. The molecule has 1 aliphatic heterocycles. The van der Waals surface area contributed by atoms with Crippen LogP contribution >= 0.6 is 0 Å². The van der Waals surface area contributed by atoms with E-state index in [0.717, 1.165) is 5.56 Å². The van der Waals surface area contributed by atoms with Crippen molar-refractivity contribution >= 4 is 23.3 Å². The summed E-state index contributed by atoms with van der Waals surface area (Å²) in [6.07, 6.45) is 0.814. The predicted molar refractivity (Wildman–Crippen MR) is 115 cm³/mol. The van der Waals surface area contributed by atoms with Crippen LogP contribution in [-0.4, -0.2) is 44.7 Å². The summed E-state index contributed by atoms with van der Waals surface area (Å²) in [5, 5.41) is 0. The molecule has 7 heteroatoms. The fourth-order valence-corrected chi connectivity index (χ4v) is 3.67. The highest BCUT2D eigenvalue weighted by Crippen LogP contribution is 2.32. The van der Waals surface area contributed by atoms with Crippen LogP contribution in [0.3, 0.4) is 0 Å². The van der Waals surface area contributed by atoms with Crippen molar-refractivity contribution < 1.29 is 28.6 Å².